The Balaban J connectivity index is 0.00000280. The second kappa shape index (κ2) is 18.9. The van der Waals surface area contributed by atoms with Gasteiger partial charge >= 0.3 is 379 Å². The van der Waals surface area contributed by atoms with E-state index in [2.05, 4.69) is 163 Å². The SMILES string of the molecule is CCC1(CC2=Cc3c(-c4cccc5ccccc45)cccc3[CH]2[Zr]([CH3])([CH3])(=[SiH2])[CH]2C(CC3(CC)CCCCCC3)=Cc3c(-c4cccc5ccccc45)cccc32)CCCCCC1.Cl.Cl. The molecule has 4 aliphatic carbocycles. The van der Waals surface area contributed by atoms with Crippen LogP contribution in [0.4, 0.5) is 0 Å². The van der Waals surface area contributed by atoms with Crippen molar-refractivity contribution in [2.75, 3.05) is 0 Å². The van der Waals surface area contributed by atoms with Crippen molar-refractivity contribution >= 4 is 65.4 Å². The minimum Gasteiger partial charge on any atom is -0.147 e. The van der Waals surface area contributed by atoms with Crippen molar-refractivity contribution in [1.82, 2.24) is 0 Å². The zero-order valence-corrected chi connectivity index (χ0v) is 44.7. The van der Waals surface area contributed by atoms with Gasteiger partial charge in [0, 0.05) is 0 Å². The molecule has 0 radical (unpaired) electrons. The van der Waals surface area contributed by atoms with Gasteiger partial charge in [-0.1, -0.05) is 0 Å². The van der Waals surface area contributed by atoms with Gasteiger partial charge in [-0.2, -0.15) is 0 Å². The molecular weight excluding hydrogens is 911 g/mol. The predicted molar refractivity (Wildman–Crippen MR) is 285 cm³/mol. The summed E-state index contributed by atoms with van der Waals surface area (Å²) in [5.74, 6) is 0. The summed E-state index contributed by atoms with van der Waals surface area (Å²) in [5.41, 5.74) is 16.4. The third-order valence-corrected chi connectivity index (χ3v) is 34.8. The number of fused-ring (bicyclic) bond motifs is 4. The molecule has 2 atom stereocenters. The molecule has 2 fully saturated rings. The van der Waals surface area contributed by atoms with Gasteiger partial charge in [-0.15, -0.1) is 24.8 Å². The third-order valence-electron chi connectivity index (χ3n) is 17.3. The Morgan fingerprint density at radius 2 is 0.797 bits per heavy atom. The second-order valence-electron chi connectivity index (χ2n) is 21.8. The average molecular weight is 983 g/mol. The van der Waals surface area contributed by atoms with Crippen molar-refractivity contribution < 1.29 is 17.4 Å². The Labute approximate surface area is 400 Å². The van der Waals surface area contributed by atoms with Crippen LogP contribution in [-0.2, 0) is 17.4 Å². The second-order valence-corrected chi connectivity index (χ2v) is 52.3. The first kappa shape index (κ1) is 47.5. The van der Waals surface area contributed by atoms with Gasteiger partial charge in [0.15, 0.2) is 0 Å². The smallest absolute Gasteiger partial charge is 0.147 e. The minimum absolute atomic E-state index is 0. The number of hydrogen-bond acceptors (Lipinski definition) is 0. The molecule has 0 saturated heterocycles. The van der Waals surface area contributed by atoms with Crippen molar-refractivity contribution in [1.29, 1.82) is 0 Å². The molecule has 0 amide bonds. The minimum atomic E-state index is -4.07. The normalized spacial score (nSPS) is 20.5. The summed E-state index contributed by atoms with van der Waals surface area (Å²) >= 11 is -4.07. The van der Waals surface area contributed by atoms with Crippen molar-refractivity contribution in [3.8, 4) is 22.3 Å². The predicted octanol–water partition coefficient (Wildman–Crippen LogP) is 18.4. The maximum Gasteiger partial charge on any atom is -0.147 e. The molecule has 0 heterocycles. The molecule has 6 aromatic rings. The van der Waals surface area contributed by atoms with Crippen LogP contribution in [0.25, 0.3) is 56.0 Å². The van der Waals surface area contributed by atoms with Gasteiger partial charge in [0.2, 0.25) is 0 Å². The van der Waals surface area contributed by atoms with Crippen LogP contribution in [0.2, 0.25) is 9.26 Å². The monoisotopic (exact) mass is 980 g/mol. The molecule has 0 nitrogen and oxygen atoms in total. The van der Waals surface area contributed by atoms with Crippen LogP contribution in [0.1, 0.15) is 146 Å². The molecule has 6 aromatic carbocycles. The van der Waals surface area contributed by atoms with E-state index in [0.29, 0.717) is 18.1 Å². The van der Waals surface area contributed by atoms with Crippen LogP contribution in [0.15, 0.2) is 132 Å². The van der Waals surface area contributed by atoms with Crippen molar-refractivity contribution in [3.63, 3.8) is 0 Å². The van der Waals surface area contributed by atoms with E-state index in [-0.39, 0.29) is 24.8 Å². The van der Waals surface area contributed by atoms with Gasteiger partial charge in [0.25, 0.3) is 0 Å². The first-order chi connectivity index (χ1) is 30.1. The fourth-order valence-electron chi connectivity index (χ4n) is 14.2. The summed E-state index contributed by atoms with van der Waals surface area (Å²) in [7, 11) is 0. The zero-order chi connectivity index (χ0) is 42.6. The van der Waals surface area contributed by atoms with Gasteiger partial charge in [0.05, 0.1) is 0 Å². The first-order valence-electron chi connectivity index (χ1n) is 24.8. The number of allylic oxidation sites excluding steroid dienone is 2. The van der Waals surface area contributed by atoms with E-state index in [0.717, 1.165) is 0 Å². The average Bonchev–Trinajstić information content (AvgIpc) is 3.65. The van der Waals surface area contributed by atoms with E-state index in [1.54, 1.807) is 22.3 Å². The molecule has 4 heteroatoms. The molecule has 0 bridgehead atoms. The molecule has 2 unspecified atom stereocenters. The number of benzene rings is 6. The zero-order valence-electron chi connectivity index (χ0n) is 39.2. The molecule has 10 rings (SSSR count). The molecule has 0 aliphatic heterocycles. The third kappa shape index (κ3) is 8.48. The Morgan fingerprint density at radius 1 is 0.453 bits per heavy atom. The van der Waals surface area contributed by atoms with Crippen LogP contribution in [-0.4, -0.2) is 6.88 Å². The maximum absolute atomic E-state index is 4.07. The van der Waals surface area contributed by atoms with E-state index < -0.39 is 17.4 Å². The quantitative estimate of drug-likeness (QED) is 0.0948. The van der Waals surface area contributed by atoms with Gasteiger partial charge in [0.1, 0.15) is 0 Å². The summed E-state index contributed by atoms with van der Waals surface area (Å²) < 4.78 is 6.87. The fraction of sp³-hybridized carbons (Fsp3) is 0.400. The molecular formula is C60H72Cl2SiZr. The van der Waals surface area contributed by atoms with Crippen molar-refractivity contribution in [2.24, 2.45) is 10.8 Å². The molecule has 0 N–H and O–H groups in total. The van der Waals surface area contributed by atoms with E-state index in [1.807, 2.05) is 0 Å². The van der Waals surface area contributed by atoms with Gasteiger partial charge in [-0.3, -0.25) is 0 Å². The van der Waals surface area contributed by atoms with Crippen molar-refractivity contribution in [3.05, 3.63) is 155 Å². The summed E-state index contributed by atoms with van der Waals surface area (Å²) in [4.78, 5) is 0. The van der Waals surface area contributed by atoms with Crippen LogP contribution in [0.3, 0.4) is 0 Å². The molecule has 2 saturated carbocycles. The van der Waals surface area contributed by atoms with E-state index in [9.17, 15) is 0 Å². The van der Waals surface area contributed by atoms with Crippen LogP contribution >= 0.6 is 24.8 Å². The summed E-state index contributed by atoms with van der Waals surface area (Å²) in [5, 5.41) is 5.41. The van der Waals surface area contributed by atoms with Crippen LogP contribution < -0.4 is 0 Å². The van der Waals surface area contributed by atoms with Gasteiger partial charge < -0.3 is 0 Å². The first-order valence-corrected chi connectivity index (χ1v) is 38.5. The summed E-state index contributed by atoms with van der Waals surface area (Å²) in [6, 6.07) is 47.1. The molecule has 334 valence electrons. The van der Waals surface area contributed by atoms with E-state index in [4.69, 9.17) is 0 Å². The van der Waals surface area contributed by atoms with Crippen LogP contribution in [0, 0.1) is 10.8 Å². The number of hydrogen-bond donors (Lipinski definition) is 0. The Kier molecular flexibility index (Phi) is 14.1. The molecule has 0 aromatic heterocycles. The maximum atomic E-state index is 2.94. The Bertz CT molecular complexity index is 2590. The largest absolute Gasteiger partial charge is 0.147 e. The van der Waals surface area contributed by atoms with E-state index >= 15 is 0 Å². The van der Waals surface area contributed by atoms with Crippen LogP contribution in [0.5, 0.6) is 0 Å². The van der Waals surface area contributed by atoms with Gasteiger partial charge in [-0.25, -0.2) is 0 Å². The number of halogens is 2. The molecule has 4 aliphatic rings. The van der Waals surface area contributed by atoms with Crippen molar-refractivity contribution in [2.45, 2.75) is 133 Å². The Morgan fingerprint density at radius 3 is 1.19 bits per heavy atom. The summed E-state index contributed by atoms with van der Waals surface area (Å²) in [6.45, 7) is 7.65. The van der Waals surface area contributed by atoms with Gasteiger partial charge in [-0.05, 0) is 0 Å². The van der Waals surface area contributed by atoms with E-state index in [1.165, 1.54) is 158 Å². The fourth-order valence-corrected chi connectivity index (χ4v) is 33.8. The molecule has 0 spiro atoms. The summed E-state index contributed by atoms with van der Waals surface area (Å²) in [6.07, 6.45) is 27.4. The number of rotatable bonds is 10. The standard InChI is InChI=1S/2C29H31.2CH3.2ClH.H2Si.Zr/c2*1-2-29(17-7-3-4-8-18-29)21-22-19-24-13-10-16-27(28(24)20-22)26-15-9-12-23-11-5-6-14-25(23)26;;;;;;/h2*5-6,9-16,19-20H,2-4,7-8,17-18,21H2,1H3;2*1H3;2*1H;1H2;. The molecule has 64 heavy (non-hydrogen) atoms. The Hall–Kier alpha value is -3.00. The topological polar surface area (TPSA) is 0 Å².